The molecule has 0 bridgehead atoms. The second kappa shape index (κ2) is 6.29. The van der Waals surface area contributed by atoms with Gasteiger partial charge in [-0.05, 0) is 44.5 Å². The van der Waals surface area contributed by atoms with E-state index < -0.39 is 0 Å². The Morgan fingerprint density at radius 3 is 2.92 bits per heavy atom. The fourth-order valence-electron chi connectivity index (χ4n) is 3.26. The molecule has 1 unspecified atom stereocenters. The van der Waals surface area contributed by atoms with Gasteiger partial charge in [-0.25, -0.2) is 9.50 Å². The van der Waals surface area contributed by atoms with E-state index in [9.17, 15) is 9.59 Å². The molecule has 1 atom stereocenters. The van der Waals surface area contributed by atoms with Crippen LogP contribution in [0.5, 0.6) is 0 Å². The minimum absolute atomic E-state index is 0.0954. The van der Waals surface area contributed by atoms with Crippen LogP contribution in [-0.2, 0) is 0 Å². The zero-order valence-corrected chi connectivity index (χ0v) is 14.7. The number of carbonyl (C=O) groups is 1. The molecule has 4 rings (SSSR count). The van der Waals surface area contributed by atoms with Crippen LogP contribution in [0.3, 0.4) is 0 Å². The molecule has 0 aromatic carbocycles. The fourth-order valence-corrected chi connectivity index (χ4v) is 3.26. The number of hydrogen-bond donors (Lipinski definition) is 2. The molecule has 4 heterocycles. The summed E-state index contributed by atoms with van der Waals surface area (Å²) in [5.41, 5.74) is 2.30. The van der Waals surface area contributed by atoms with Gasteiger partial charge in [0.25, 0.3) is 11.5 Å². The number of anilines is 1. The highest BCUT2D eigenvalue weighted by atomic mass is 16.2. The van der Waals surface area contributed by atoms with Gasteiger partial charge in [-0.3, -0.25) is 9.59 Å². The molecule has 0 aliphatic carbocycles. The summed E-state index contributed by atoms with van der Waals surface area (Å²) in [5, 5.41) is 7.86. The lowest BCUT2D eigenvalue weighted by Crippen LogP contribution is -2.35. The van der Waals surface area contributed by atoms with Crippen LogP contribution in [-0.4, -0.2) is 49.5 Å². The fraction of sp³-hybridized carbons (Fsp3) is 0.333. The van der Waals surface area contributed by atoms with E-state index in [-0.39, 0.29) is 23.1 Å². The van der Waals surface area contributed by atoms with Crippen LogP contribution in [0.15, 0.2) is 35.3 Å². The third-order valence-corrected chi connectivity index (χ3v) is 4.55. The predicted molar refractivity (Wildman–Crippen MR) is 97.5 cm³/mol. The normalized spacial score (nSPS) is 17.0. The minimum atomic E-state index is -0.339. The molecule has 8 nitrogen and oxygen atoms in total. The number of fused-ring (bicyclic) bond motifs is 1. The monoisotopic (exact) mass is 352 g/mol. The van der Waals surface area contributed by atoms with Crippen LogP contribution in [0, 0.1) is 13.8 Å². The number of pyridine rings is 1. The Balaban J connectivity index is 1.45. The minimum Gasteiger partial charge on any atom is -0.364 e. The van der Waals surface area contributed by atoms with Crippen molar-refractivity contribution in [3.63, 3.8) is 0 Å². The van der Waals surface area contributed by atoms with Crippen LogP contribution in [0.4, 0.5) is 5.82 Å². The first-order chi connectivity index (χ1) is 12.5. The van der Waals surface area contributed by atoms with Gasteiger partial charge in [-0.15, -0.1) is 5.10 Å². The maximum absolute atomic E-state index is 12.6. The largest absolute Gasteiger partial charge is 0.364 e. The molecule has 1 saturated heterocycles. The van der Waals surface area contributed by atoms with E-state index in [0.717, 1.165) is 29.3 Å². The Kier molecular flexibility index (Phi) is 3.95. The molecule has 3 aromatic rings. The lowest BCUT2D eigenvalue weighted by Gasteiger charge is -2.17. The molecule has 134 valence electrons. The number of carbonyl (C=O) groups excluding carboxylic acids is 1. The van der Waals surface area contributed by atoms with Crippen molar-refractivity contribution in [3.8, 4) is 0 Å². The summed E-state index contributed by atoms with van der Waals surface area (Å²) in [4.78, 5) is 33.3. The van der Waals surface area contributed by atoms with Crippen LogP contribution in [0.2, 0.25) is 0 Å². The number of amides is 1. The zero-order valence-electron chi connectivity index (χ0n) is 14.7. The van der Waals surface area contributed by atoms with E-state index in [4.69, 9.17) is 0 Å². The number of likely N-dealkylation sites (tertiary alicyclic amines) is 1. The van der Waals surface area contributed by atoms with Crippen LogP contribution >= 0.6 is 0 Å². The van der Waals surface area contributed by atoms with Gasteiger partial charge in [0, 0.05) is 24.8 Å². The van der Waals surface area contributed by atoms with E-state index in [1.165, 1.54) is 0 Å². The summed E-state index contributed by atoms with van der Waals surface area (Å²) >= 11 is 0. The van der Waals surface area contributed by atoms with Crippen LogP contribution in [0.25, 0.3) is 5.65 Å². The first-order valence-electron chi connectivity index (χ1n) is 8.58. The summed E-state index contributed by atoms with van der Waals surface area (Å²) in [5.74, 6) is 0.506. The van der Waals surface area contributed by atoms with Crippen molar-refractivity contribution in [2.24, 2.45) is 0 Å². The summed E-state index contributed by atoms with van der Waals surface area (Å²) < 4.78 is 1.74. The Morgan fingerprint density at radius 1 is 1.27 bits per heavy atom. The molecule has 1 aliphatic heterocycles. The average Bonchev–Trinajstić information content (AvgIpc) is 3.19. The van der Waals surface area contributed by atoms with Crippen molar-refractivity contribution < 1.29 is 4.79 Å². The van der Waals surface area contributed by atoms with Gasteiger partial charge < -0.3 is 15.2 Å². The quantitative estimate of drug-likeness (QED) is 0.742. The zero-order chi connectivity index (χ0) is 18.3. The smallest absolute Gasteiger partial charge is 0.260 e. The first-order valence-corrected chi connectivity index (χ1v) is 8.58. The second-order valence-corrected chi connectivity index (χ2v) is 6.67. The molecule has 1 amide bonds. The third-order valence-electron chi connectivity index (χ3n) is 4.55. The van der Waals surface area contributed by atoms with Gasteiger partial charge in [0.05, 0.1) is 11.9 Å². The second-order valence-electron chi connectivity index (χ2n) is 6.67. The number of imidazole rings is 1. The molecular weight excluding hydrogens is 332 g/mol. The number of nitrogens with zero attached hydrogens (tertiary/aromatic N) is 4. The molecule has 2 N–H and O–H groups in total. The van der Waals surface area contributed by atoms with Crippen molar-refractivity contribution in [3.05, 3.63) is 57.8 Å². The first kappa shape index (κ1) is 16.3. The van der Waals surface area contributed by atoms with E-state index >= 15 is 0 Å². The van der Waals surface area contributed by atoms with Crippen molar-refractivity contribution in [2.75, 3.05) is 18.4 Å². The highest BCUT2D eigenvalue weighted by molar-refractivity contribution is 5.94. The van der Waals surface area contributed by atoms with Gasteiger partial charge in [0.15, 0.2) is 5.65 Å². The van der Waals surface area contributed by atoms with Gasteiger partial charge in [-0.1, -0.05) is 0 Å². The van der Waals surface area contributed by atoms with E-state index in [0.29, 0.717) is 13.1 Å². The maximum Gasteiger partial charge on any atom is 0.260 e. The average molecular weight is 352 g/mol. The number of aromatic amines is 1. The van der Waals surface area contributed by atoms with E-state index in [2.05, 4.69) is 20.4 Å². The molecule has 0 saturated carbocycles. The topological polar surface area (TPSA) is 95.4 Å². The van der Waals surface area contributed by atoms with Gasteiger partial charge >= 0.3 is 0 Å². The van der Waals surface area contributed by atoms with Crippen molar-refractivity contribution in [2.45, 2.75) is 26.3 Å². The highest BCUT2D eigenvalue weighted by Crippen LogP contribution is 2.17. The van der Waals surface area contributed by atoms with E-state index in [1.807, 2.05) is 25.3 Å². The number of H-pyrrole nitrogens is 1. The summed E-state index contributed by atoms with van der Waals surface area (Å²) in [6.45, 7) is 4.86. The summed E-state index contributed by atoms with van der Waals surface area (Å²) in [6, 6.07) is 7.22. The van der Waals surface area contributed by atoms with Crippen molar-refractivity contribution >= 4 is 17.4 Å². The predicted octanol–water partition coefficient (Wildman–Crippen LogP) is 1.36. The van der Waals surface area contributed by atoms with Gasteiger partial charge in [0.2, 0.25) is 0 Å². The molecule has 0 spiro atoms. The molecule has 3 aromatic heterocycles. The SMILES string of the molecule is Cc1cn2nc(NC3CCN(C(=O)c4ccc(C)[nH]c4=O)C3)ccc2n1. The highest BCUT2D eigenvalue weighted by Gasteiger charge is 2.28. The Labute approximate surface area is 149 Å². The summed E-state index contributed by atoms with van der Waals surface area (Å²) in [7, 11) is 0. The van der Waals surface area contributed by atoms with Crippen molar-refractivity contribution in [1.82, 2.24) is 24.5 Å². The van der Waals surface area contributed by atoms with Gasteiger partial charge in [-0.2, -0.15) is 0 Å². The Morgan fingerprint density at radius 2 is 2.12 bits per heavy atom. The number of rotatable bonds is 3. The molecular formula is C18H20N6O2. The third kappa shape index (κ3) is 3.05. The number of aryl methyl sites for hydroxylation is 2. The van der Waals surface area contributed by atoms with Gasteiger partial charge in [0.1, 0.15) is 11.4 Å². The van der Waals surface area contributed by atoms with Crippen LogP contribution in [0.1, 0.15) is 28.2 Å². The molecule has 1 fully saturated rings. The lowest BCUT2D eigenvalue weighted by atomic mass is 10.2. The maximum atomic E-state index is 12.6. The standard InChI is InChI=1S/C18H20N6O2/c1-11-3-4-14(17(25)20-11)18(26)23-8-7-13(10-23)21-15-5-6-16-19-12(2)9-24(16)22-15/h3-6,9,13H,7-8,10H2,1-2H3,(H,20,25)(H,21,22). The Bertz CT molecular complexity index is 1040. The molecule has 0 radical (unpaired) electrons. The van der Waals surface area contributed by atoms with Crippen molar-refractivity contribution in [1.29, 1.82) is 0 Å². The van der Waals surface area contributed by atoms with E-state index in [1.54, 1.807) is 28.5 Å². The molecule has 8 heteroatoms. The number of nitrogens with one attached hydrogen (secondary N) is 2. The number of aromatic nitrogens is 4. The number of hydrogen-bond acceptors (Lipinski definition) is 5. The molecule has 26 heavy (non-hydrogen) atoms. The van der Waals surface area contributed by atoms with Crippen LogP contribution < -0.4 is 10.9 Å². The lowest BCUT2D eigenvalue weighted by molar-refractivity contribution is 0.0790. The summed E-state index contributed by atoms with van der Waals surface area (Å²) in [6.07, 6.45) is 2.67. The Hall–Kier alpha value is -3.16. The molecule has 1 aliphatic rings.